The van der Waals surface area contributed by atoms with Crippen LogP contribution in [0.1, 0.15) is 0 Å². The third-order valence-corrected chi connectivity index (χ3v) is 4.18. The Bertz CT molecular complexity index is 493. The van der Waals surface area contributed by atoms with E-state index in [2.05, 4.69) is 26.1 Å². The van der Waals surface area contributed by atoms with E-state index in [1.54, 1.807) is 0 Å². The van der Waals surface area contributed by atoms with Gasteiger partial charge in [0.2, 0.25) is 0 Å². The summed E-state index contributed by atoms with van der Waals surface area (Å²) in [7, 11) is 0. The summed E-state index contributed by atoms with van der Waals surface area (Å²) in [6, 6.07) is 6.19. The van der Waals surface area contributed by atoms with Crippen LogP contribution in [0.5, 0.6) is 0 Å². The zero-order valence-electron chi connectivity index (χ0n) is 9.90. The smallest absolute Gasteiger partial charge is 0.317 e. The van der Waals surface area contributed by atoms with Crippen LogP contribution in [-0.2, 0) is 0 Å². The molecule has 1 unspecified atom stereocenters. The van der Waals surface area contributed by atoms with Gasteiger partial charge in [0.15, 0.2) is 0 Å². The molecule has 0 spiro atoms. The molecule has 2 amide bonds. The predicted molar refractivity (Wildman–Crippen MR) is 74.7 cm³/mol. The summed E-state index contributed by atoms with van der Waals surface area (Å²) in [5.74, 6) is 0. The zero-order chi connectivity index (χ0) is 12.7. The van der Waals surface area contributed by atoms with Gasteiger partial charge in [-0.2, -0.15) is 0 Å². The van der Waals surface area contributed by atoms with Crippen LogP contribution >= 0.6 is 15.9 Å². The van der Waals surface area contributed by atoms with Gasteiger partial charge < -0.3 is 20.9 Å². The number of carbonyl (C=O) groups is 1. The van der Waals surface area contributed by atoms with E-state index < -0.39 is 0 Å². The Morgan fingerprint density at radius 1 is 1.39 bits per heavy atom. The maximum absolute atomic E-state index is 11.5. The average molecular weight is 311 g/mol. The van der Waals surface area contributed by atoms with Gasteiger partial charge in [-0.15, -0.1) is 0 Å². The number of piperazine rings is 1. The van der Waals surface area contributed by atoms with Gasteiger partial charge in [0, 0.05) is 36.3 Å². The van der Waals surface area contributed by atoms with Crippen molar-refractivity contribution in [1.82, 2.24) is 10.2 Å². The number of anilines is 2. The van der Waals surface area contributed by atoms with E-state index >= 15 is 0 Å². The minimum absolute atomic E-state index is 0.0658. The molecule has 0 radical (unpaired) electrons. The van der Waals surface area contributed by atoms with E-state index in [0.717, 1.165) is 42.0 Å². The highest BCUT2D eigenvalue weighted by Gasteiger charge is 2.35. The van der Waals surface area contributed by atoms with Crippen molar-refractivity contribution in [3.05, 3.63) is 22.7 Å². The maximum Gasteiger partial charge on any atom is 0.317 e. The molecule has 5 nitrogen and oxygen atoms in total. The molecule has 2 heterocycles. The SMILES string of the molecule is Nc1ccc(N2CCN3C(=O)NCC3C2)c(Br)c1. The molecule has 1 aromatic carbocycles. The highest BCUT2D eigenvalue weighted by atomic mass is 79.9. The summed E-state index contributed by atoms with van der Waals surface area (Å²) in [6.07, 6.45) is 0. The van der Waals surface area contributed by atoms with Crippen LogP contribution in [-0.4, -0.2) is 43.2 Å². The first-order valence-corrected chi connectivity index (χ1v) is 6.79. The molecule has 3 rings (SSSR count). The lowest BCUT2D eigenvalue weighted by atomic mass is 10.1. The number of amides is 2. The number of hydrogen-bond acceptors (Lipinski definition) is 3. The summed E-state index contributed by atoms with van der Waals surface area (Å²) < 4.78 is 1.01. The third-order valence-electron chi connectivity index (χ3n) is 3.54. The van der Waals surface area contributed by atoms with Gasteiger partial charge in [-0.3, -0.25) is 0 Å². The first-order valence-electron chi connectivity index (χ1n) is 5.99. The van der Waals surface area contributed by atoms with E-state index in [4.69, 9.17) is 5.73 Å². The number of hydrogen-bond donors (Lipinski definition) is 2. The number of halogens is 1. The van der Waals surface area contributed by atoms with Gasteiger partial charge in [-0.1, -0.05) is 0 Å². The van der Waals surface area contributed by atoms with Crippen LogP contribution in [0.15, 0.2) is 22.7 Å². The molecule has 2 saturated heterocycles. The summed E-state index contributed by atoms with van der Waals surface area (Å²) in [6.45, 7) is 3.23. The second-order valence-corrected chi connectivity index (χ2v) is 5.54. The van der Waals surface area contributed by atoms with Crippen LogP contribution in [0.3, 0.4) is 0 Å². The first kappa shape index (κ1) is 11.6. The highest BCUT2D eigenvalue weighted by molar-refractivity contribution is 9.10. The lowest BCUT2D eigenvalue weighted by molar-refractivity contribution is 0.197. The van der Waals surface area contributed by atoms with Crippen LogP contribution in [0.4, 0.5) is 16.2 Å². The molecular formula is C12H15BrN4O. The second-order valence-electron chi connectivity index (χ2n) is 4.69. The van der Waals surface area contributed by atoms with Crippen molar-refractivity contribution < 1.29 is 4.79 Å². The summed E-state index contributed by atoms with van der Waals surface area (Å²) in [5.41, 5.74) is 7.64. The molecule has 0 aromatic heterocycles. The third kappa shape index (κ3) is 1.90. The predicted octanol–water partition coefficient (Wildman–Crippen LogP) is 1.25. The Kier molecular flexibility index (Phi) is 2.81. The Morgan fingerprint density at radius 3 is 3.00 bits per heavy atom. The second kappa shape index (κ2) is 4.35. The van der Waals surface area contributed by atoms with Crippen molar-refractivity contribution in [3.8, 4) is 0 Å². The van der Waals surface area contributed by atoms with E-state index in [0.29, 0.717) is 0 Å². The topological polar surface area (TPSA) is 61.6 Å². The fourth-order valence-electron chi connectivity index (χ4n) is 2.60. The summed E-state index contributed by atoms with van der Waals surface area (Å²) in [4.78, 5) is 15.7. The molecular weight excluding hydrogens is 296 g/mol. The number of benzene rings is 1. The molecule has 1 atom stereocenters. The molecule has 3 N–H and O–H groups in total. The number of fused-ring (bicyclic) bond motifs is 1. The standard InChI is InChI=1S/C12H15BrN4O/c13-10-5-8(14)1-2-11(10)16-3-4-17-9(7-16)6-15-12(17)18/h1-2,5,9H,3-4,6-7,14H2,(H,15,18). The van der Waals surface area contributed by atoms with Crippen LogP contribution in [0.2, 0.25) is 0 Å². The lowest BCUT2D eigenvalue weighted by Crippen LogP contribution is -2.52. The molecule has 6 heteroatoms. The molecule has 0 saturated carbocycles. The summed E-state index contributed by atoms with van der Waals surface area (Å²) >= 11 is 3.55. The van der Waals surface area contributed by atoms with Crippen LogP contribution in [0, 0.1) is 0 Å². The van der Waals surface area contributed by atoms with E-state index in [9.17, 15) is 4.79 Å². The minimum atomic E-state index is 0.0658. The molecule has 18 heavy (non-hydrogen) atoms. The fourth-order valence-corrected chi connectivity index (χ4v) is 3.25. The number of nitrogens with one attached hydrogen (secondary N) is 1. The quantitative estimate of drug-likeness (QED) is 0.767. The Labute approximate surface area is 114 Å². The van der Waals surface area contributed by atoms with Crippen molar-refractivity contribution in [2.75, 3.05) is 36.8 Å². The minimum Gasteiger partial charge on any atom is -0.399 e. The maximum atomic E-state index is 11.5. The van der Waals surface area contributed by atoms with Gasteiger partial charge >= 0.3 is 6.03 Å². The van der Waals surface area contributed by atoms with Crippen molar-refractivity contribution >= 4 is 33.3 Å². The van der Waals surface area contributed by atoms with Crippen molar-refractivity contribution in [1.29, 1.82) is 0 Å². The molecule has 2 fully saturated rings. The van der Waals surface area contributed by atoms with Crippen LogP contribution < -0.4 is 16.0 Å². The largest absolute Gasteiger partial charge is 0.399 e. The number of urea groups is 1. The number of nitrogens with two attached hydrogens (primary N) is 1. The van der Waals surface area contributed by atoms with Crippen LogP contribution in [0.25, 0.3) is 0 Å². The molecule has 0 bridgehead atoms. The van der Waals surface area contributed by atoms with Crippen molar-refractivity contribution in [2.45, 2.75) is 6.04 Å². The van der Waals surface area contributed by atoms with Gasteiger partial charge in [0.25, 0.3) is 0 Å². The van der Waals surface area contributed by atoms with Gasteiger partial charge in [-0.05, 0) is 34.1 Å². The number of nitrogen functional groups attached to an aromatic ring is 1. The number of nitrogens with zero attached hydrogens (tertiary/aromatic N) is 2. The normalized spacial score (nSPS) is 22.9. The number of rotatable bonds is 1. The molecule has 2 aliphatic rings. The molecule has 1 aromatic rings. The molecule has 2 aliphatic heterocycles. The van der Waals surface area contributed by atoms with Gasteiger partial charge in [0.05, 0.1) is 11.7 Å². The molecule has 0 aliphatic carbocycles. The van der Waals surface area contributed by atoms with Crippen molar-refractivity contribution in [3.63, 3.8) is 0 Å². The monoisotopic (exact) mass is 310 g/mol. The van der Waals surface area contributed by atoms with E-state index in [-0.39, 0.29) is 12.1 Å². The Morgan fingerprint density at radius 2 is 2.22 bits per heavy atom. The average Bonchev–Trinajstić information content (AvgIpc) is 2.71. The fraction of sp³-hybridized carbons (Fsp3) is 0.417. The highest BCUT2D eigenvalue weighted by Crippen LogP contribution is 2.30. The zero-order valence-corrected chi connectivity index (χ0v) is 11.5. The molecule has 96 valence electrons. The lowest BCUT2D eigenvalue weighted by Gasteiger charge is -2.38. The van der Waals surface area contributed by atoms with E-state index in [1.807, 2.05) is 23.1 Å². The Balaban J connectivity index is 1.80. The first-order chi connectivity index (χ1) is 8.65. The summed E-state index contributed by atoms with van der Waals surface area (Å²) in [5, 5.41) is 2.89. The Hall–Kier alpha value is -1.43. The van der Waals surface area contributed by atoms with E-state index in [1.165, 1.54) is 0 Å². The van der Waals surface area contributed by atoms with Gasteiger partial charge in [0.1, 0.15) is 0 Å². The van der Waals surface area contributed by atoms with Crippen molar-refractivity contribution in [2.24, 2.45) is 0 Å². The number of carbonyl (C=O) groups excluding carboxylic acids is 1. The van der Waals surface area contributed by atoms with Gasteiger partial charge in [-0.25, -0.2) is 4.79 Å².